The summed E-state index contributed by atoms with van der Waals surface area (Å²) in [5.74, 6) is -1.88. The van der Waals surface area contributed by atoms with E-state index in [1.54, 1.807) is 13.8 Å². The van der Waals surface area contributed by atoms with Crippen LogP contribution in [0.5, 0.6) is 0 Å². The minimum atomic E-state index is -0.915. The van der Waals surface area contributed by atoms with E-state index in [9.17, 15) is 9.59 Å². The maximum absolute atomic E-state index is 12.4. The second kappa shape index (κ2) is 4.06. The second-order valence-corrected chi connectivity index (χ2v) is 7.04. The summed E-state index contributed by atoms with van der Waals surface area (Å²) in [4.78, 5) is 35.9. The number of hydrogen-bond acceptors (Lipinski definition) is 6. The molecule has 4 aliphatic heterocycles. The molecule has 21 heavy (non-hydrogen) atoms. The average molecular weight is 296 g/mol. The van der Waals surface area contributed by atoms with Gasteiger partial charge in [0.2, 0.25) is 12.1 Å². The first kappa shape index (κ1) is 13.7. The van der Waals surface area contributed by atoms with E-state index < -0.39 is 23.6 Å². The monoisotopic (exact) mass is 296 g/mol. The maximum Gasteiger partial charge on any atom is 0.311 e. The number of rotatable bonds is 0. The Bertz CT molecular complexity index is 518. The molecule has 116 valence electrons. The Labute approximate surface area is 123 Å². The van der Waals surface area contributed by atoms with E-state index in [2.05, 4.69) is 0 Å². The molecule has 5 aliphatic rings. The van der Waals surface area contributed by atoms with Crippen molar-refractivity contribution < 1.29 is 28.8 Å². The van der Waals surface area contributed by atoms with Crippen LogP contribution >= 0.6 is 0 Å². The predicted octanol–water partition coefficient (Wildman–Crippen LogP) is 1.57. The Morgan fingerprint density at radius 1 is 1.10 bits per heavy atom. The summed E-state index contributed by atoms with van der Waals surface area (Å²) in [7, 11) is 0. The Morgan fingerprint density at radius 3 is 2.62 bits per heavy atom. The summed E-state index contributed by atoms with van der Waals surface area (Å²) in [6, 6.07) is 0. The van der Waals surface area contributed by atoms with Crippen LogP contribution in [0.25, 0.3) is 0 Å². The number of carbonyl (C=O) groups excluding carboxylic acids is 2. The van der Waals surface area contributed by atoms with Gasteiger partial charge < -0.3 is 9.47 Å². The first-order valence-corrected chi connectivity index (χ1v) is 7.65. The van der Waals surface area contributed by atoms with Crippen molar-refractivity contribution in [1.29, 1.82) is 0 Å². The smallest absolute Gasteiger partial charge is 0.311 e. The molecule has 0 amide bonds. The van der Waals surface area contributed by atoms with Gasteiger partial charge in [0, 0.05) is 30.6 Å². The van der Waals surface area contributed by atoms with E-state index in [0.717, 1.165) is 6.42 Å². The summed E-state index contributed by atoms with van der Waals surface area (Å²) in [6.07, 6.45) is 0.911. The van der Waals surface area contributed by atoms with Crippen LogP contribution in [-0.4, -0.2) is 29.4 Å². The van der Waals surface area contributed by atoms with Gasteiger partial charge in [0.25, 0.3) is 0 Å². The Kier molecular flexibility index (Phi) is 2.64. The van der Waals surface area contributed by atoms with E-state index in [0.29, 0.717) is 12.8 Å². The molecular formula is C15H20O6. The molecule has 7 atom stereocenters. The van der Waals surface area contributed by atoms with Gasteiger partial charge >= 0.3 is 5.97 Å². The van der Waals surface area contributed by atoms with Gasteiger partial charge in [0.1, 0.15) is 5.78 Å². The minimum Gasteiger partial charge on any atom is -0.432 e. The van der Waals surface area contributed by atoms with Crippen LogP contribution in [0.1, 0.15) is 40.0 Å². The number of hydrogen-bond donors (Lipinski definition) is 0. The van der Waals surface area contributed by atoms with Crippen LogP contribution in [0, 0.1) is 23.7 Å². The molecule has 2 bridgehead atoms. The molecule has 5 rings (SSSR count). The molecule has 0 N–H and O–H groups in total. The zero-order valence-corrected chi connectivity index (χ0v) is 12.5. The fourth-order valence-electron chi connectivity index (χ4n) is 4.52. The van der Waals surface area contributed by atoms with Crippen molar-refractivity contribution in [3.05, 3.63) is 0 Å². The zero-order valence-electron chi connectivity index (χ0n) is 12.5. The molecule has 6 heteroatoms. The molecule has 0 aromatic heterocycles. The van der Waals surface area contributed by atoms with Gasteiger partial charge in [-0.15, -0.1) is 0 Å². The lowest BCUT2D eigenvalue weighted by Gasteiger charge is -2.57. The van der Waals surface area contributed by atoms with E-state index in [-0.39, 0.29) is 29.5 Å². The summed E-state index contributed by atoms with van der Waals surface area (Å²) in [5.41, 5.74) is -0.851. The molecule has 1 aliphatic carbocycles. The Hall–Kier alpha value is -0.980. The van der Waals surface area contributed by atoms with Crippen molar-refractivity contribution >= 4 is 11.8 Å². The molecule has 1 spiro atoms. The lowest BCUT2D eigenvalue weighted by Crippen LogP contribution is -2.70. The van der Waals surface area contributed by atoms with Crippen molar-refractivity contribution in [3.8, 4) is 0 Å². The second-order valence-electron chi connectivity index (χ2n) is 7.04. The highest BCUT2D eigenvalue weighted by Gasteiger charge is 2.71. The molecule has 1 saturated carbocycles. The minimum absolute atomic E-state index is 0.0476. The highest BCUT2D eigenvalue weighted by molar-refractivity contribution is 5.84. The third-order valence-corrected chi connectivity index (χ3v) is 5.89. The average Bonchev–Trinajstić information content (AvgIpc) is 2.66. The van der Waals surface area contributed by atoms with Crippen LogP contribution < -0.4 is 0 Å². The highest BCUT2D eigenvalue weighted by Crippen LogP contribution is 2.58. The number of ketones is 1. The third kappa shape index (κ3) is 1.58. The van der Waals surface area contributed by atoms with Gasteiger partial charge in [-0.2, -0.15) is 0 Å². The molecule has 0 aromatic carbocycles. The van der Waals surface area contributed by atoms with Gasteiger partial charge in [-0.05, 0) is 13.3 Å². The molecule has 0 radical (unpaired) electrons. The third-order valence-electron chi connectivity index (χ3n) is 5.89. The van der Waals surface area contributed by atoms with Crippen molar-refractivity contribution in [3.63, 3.8) is 0 Å². The molecule has 4 saturated heterocycles. The normalized spacial score (nSPS) is 55.7. The molecule has 5 fully saturated rings. The highest BCUT2D eigenvalue weighted by atomic mass is 17.3. The topological polar surface area (TPSA) is 71.1 Å². The predicted molar refractivity (Wildman–Crippen MR) is 68.4 cm³/mol. The summed E-state index contributed by atoms with van der Waals surface area (Å²) in [5, 5.41) is 0. The van der Waals surface area contributed by atoms with E-state index in [4.69, 9.17) is 19.2 Å². The molecule has 0 aromatic rings. The fraction of sp³-hybridized carbons (Fsp3) is 0.867. The molecule has 0 unspecified atom stereocenters. The fourth-order valence-corrected chi connectivity index (χ4v) is 4.52. The Balaban J connectivity index is 1.87. The van der Waals surface area contributed by atoms with Gasteiger partial charge in [-0.1, -0.05) is 13.8 Å². The van der Waals surface area contributed by atoms with Crippen LogP contribution in [0.4, 0.5) is 0 Å². The first-order valence-electron chi connectivity index (χ1n) is 7.65. The van der Waals surface area contributed by atoms with E-state index in [1.165, 1.54) is 0 Å². The van der Waals surface area contributed by atoms with Crippen LogP contribution in [0.2, 0.25) is 0 Å². The van der Waals surface area contributed by atoms with Crippen molar-refractivity contribution in [2.75, 3.05) is 0 Å². The lowest BCUT2D eigenvalue weighted by atomic mass is 9.58. The van der Waals surface area contributed by atoms with Gasteiger partial charge in [0.05, 0.1) is 5.92 Å². The van der Waals surface area contributed by atoms with Crippen LogP contribution in [-0.2, 0) is 28.8 Å². The quantitative estimate of drug-likeness (QED) is 0.499. The summed E-state index contributed by atoms with van der Waals surface area (Å²) >= 11 is 0. The summed E-state index contributed by atoms with van der Waals surface area (Å²) in [6.45, 7) is 5.51. The van der Waals surface area contributed by atoms with Gasteiger partial charge in [0.15, 0.2) is 5.60 Å². The number of fused-ring (bicyclic) bond motifs is 2. The van der Waals surface area contributed by atoms with E-state index >= 15 is 0 Å². The zero-order chi connectivity index (χ0) is 15.0. The van der Waals surface area contributed by atoms with Crippen molar-refractivity contribution in [1.82, 2.24) is 0 Å². The van der Waals surface area contributed by atoms with E-state index in [1.807, 2.05) is 6.92 Å². The first-order chi connectivity index (χ1) is 9.87. The number of esters is 1. The SMILES string of the molecule is C[C@@H]1C(=O)C[C@H]2[C@@H](C)C(=O)O[C@@H]3O[C@@]4(C)CC[C@@H]1[C@]32OO4. The molecule has 6 nitrogen and oxygen atoms in total. The largest absolute Gasteiger partial charge is 0.432 e. The van der Waals surface area contributed by atoms with Crippen LogP contribution in [0.15, 0.2) is 0 Å². The molecular weight excluding hydrogens is 276 g/mol. The maximum atomic E-state index is 12.4. The van der Waals surface area contributed by atoms with Gasteiger partial charge in [-0.3, -0.25) is 9.59 Å². The Morgan fingerprint density at radius 2 is 1.86 bits per heavy atom. The molecule has 4 heterocycles. The standard InChI is InChI=1S/C15H20O6/c1-7-9-4-5-14(3)19-13-15(9,21-20-14)10(6-11(7)16)8(2)12(17)18-13/h7-10,13H,4-6H2,1-3H3/t7-,8+,9-,10-,13+,14+,15+/m0/s1. The number of carbonyl (C=O) groups is 2. The van der Waals surface area contributed by atoms with Gasteiger partial charge in [-0.25, -0.2) is 9.78 Å². The number of Topliss-reactive ketones (excluding diaryl/α,β-unsaturated/α-hetero) is 1. The van der Waals surface area contributed by atoms with Crippen molar-refractivity contribution in [2.45, 2.75) is 57.7 Å². The summed E-state index contributed by atoms with van der Waals surface area (Å²) < 4.78 is 11.4. The van der Waals surface area contributed by atoms with Crippen LogP contribution in [0.3, 0.4) is 0 Å². The van der Waals surface area contributed by atoms with Crippen molar-refractivity contribution in [2.24, 2.45) is 23.7 Å². The number of ether oxygens (including phenoxy) is 2. The lowest BCUT2D eigenvalue weighted by molar-refractivity contribution is -0.557.